The first-order chi connectivity index (χ1) is 16.4. The number of amides is 1. The lowest BCUT2D eigenvalue weighted by atomic mass is 9.86. The molecule has 0 bridgehead atoms. The Kier molecular flexibility index (Phi) is 8.24. The Hall–Kier alpha value is -2.42. The number of hydrogen-bond acceptors (Lipinski definition) is 6. The maximum absolute atomic E-state index is 12.8. The molecule has 0 atom stereocenters. The number of aryl methyl sites for hydroxylation is 1. The summed E-state index contributed by atoms with van der Waals surface area (Å²) in [5.41, 5.74) is 2.77. The van der Waals surface area contributed by atoms with E-state index in [9.17, 15) is 13.6 Å². The molecule has 2 N–H and O–H groups in total. The van der Waals surface area contributed by atoms with Crippen LogP contribution < -0.4 is 15.5 Å². The van der Waals surface area contributed by atoms with Gasteiger partial charge in [-0.25, -0.2) is 4.98 Å². The summed E-state index contributed by atoms with van der Waals surface area (Å²) in [5, 5.41) is 6.51. The van der Waals surface area contributed by atoms with E-state index in [1.165, 1.54) is 24.1 Å². The number of anilines is 2. The molecule has 9 heteroatoms. The number of nitrogens with one attached hydrogen (secondary N) is 2. The highest BCUT2D eigenvalue weighted by Crippen LogP contribution is 2.31. The highest BCUT2D eigenvalue weighted by atomic mass is 32.2. The topological polar surface area (TPSA) is 70.2 Å². The monoisotopic (exact) mass is 489 g/mol. The van der Waals surface area contributed by atoms with Crippen LogP contribution in [0.1, 0.15) is 60.1 Å². The SMILES string of the molecule is CN(C)c1nc(NC2CCC(CNC(=O)c3ccccc3SC(F)F)CC2)nc2c1CCCC2. The molecule has 0 saturated heterocycles. The third kappa shape index (κ3) is 6.17. The van der Waals surface area contributed by atoms with E-state index in [0.29, 0.717) is 46.7 Å². The molecular formula is C25H33F2N5OS. The number of benzene rings is 1. The Morgan fingerprint density at radius 1 is 1.12 bits per heavy atom. The number of carbonyl (C=O) groups excluding carboxylic acids is 1. The molecule has 1 fully saturated rings. The number of thioether (sulfide) groups is 1. The van der Waals surface area contributed by atoms with Crippen LogP contribution in [0.4, 0.5) is 20.5 Å². The van der Waals surface area contributed by atoms with Crippen molar-refractivity contribution in [3.8, 4) is 0 Å². The van der Waals surface area contributed by atoms with Crippen LogP contribution in [-0.4, -0.2) is 48.3 Å². The average molecular weight is 490 g/mol. The van der Waals surface area contributed by atoms with Gasteiger partial charge in [0.25, 0.3) is 11.7 Å². The molecule has 34 heavy (non-hydrogen) atoms. The molecular weight excluding hydrogens is 456 g/mol. The van der Waals surface area contributed by atoms with Crippen LogP contribution in [0, 0.1) is 5.92 Å². The van der Waals surface area contributed by atoms with E-state index in [0.717, 1.165) is 44.3 Å². The van der Waals surface area contributed by atoms with Crippen molar-refractivity contribution in [2.75, 3.05) is 30.9 Å². The summed E-state index contributed by atoms with van der Waals surface area (Å²) in [7, 11) is 4.07. The van der Waals surface area contributed by atoms with Crippen molar-refractivity contribution in [1.29, 1.82) is 0 Å². The molecule has 0 spiro atoms. The fourth-order valence-corrected chi connectivity index (χ4v) is 5.52. The van der Waals surface area contributed by atoms with Crippen molar-refractivity contribution in [3.63, 3.8) is 0 Å². The van der Waals surface area contributed by atoms with Crippen molar-refractivity contribution < 1.29 is 13.6 Å². The van der Waals surface area contributed by atoms with Gasteiger partial charge in [0.1, 0.15) is 5.82 Å². The largest absolute Gasteiger partial charge is 0.362 e. The van der Waals surface area contributed by atoms with Crippen LogP contribution in [0.3, 0.4) is 0 Å². The van der Waals surface area contributed by atoms with Crippen LogP contribution in [0.25, 0.3) is 0 Å². The van der Waals surface area contributed by atoms with Crippen LogP contribution in [-0.2, 0) is 12.8 Å². The number of hydrogen-bond donors (Lipinski definition) is 2. The van der Waals surface area contributed by atoms with E-state index in [1.807, 2.05) is 14.1 Å². The molecule has 1 heterocycles. The van der Waals surface area contributed by atoms with Gasteiger partial charge in [-0.05, 0) is 69.4 Å². The summed E-state index contributed by atoms with van der Waals surface area (Å²) in [5.74, 6) is -0.728. The van der Waals surface area contributed by atoms with E-state index in [1.54, 1.807) is 24.3 Å². The Bertz CT molecular complexity index is 995. The lowest BCUT2D eigenvalue weighted by Crippen LogP contribution is -2.34. The number of aromatic nitrogens is 2. The maximum atomic E-state index is 12.8. The smallest absolute Gasteiger partial charge is 0.288 e. The van der Waals surface area contributed by atoms with Gasteiger partial charge in [0.05, 0.1) is 11.3 Å². The summed E-state index contributed by atoms with van der Waals surface area (Å²) in [4.78, 5) is 24.6. The second-order valence-electron chi connectivity index (χ2n) is 9.34. The molecule has 1 amide bonds. The number of rotatable bonds is 8. The Morgan fingerprint density at radius 3 is 2.59 bits per heavy atom. The van der Waals surface area contributed by atoms with Crippen molar-refractivity contribution in [1.82, 2.24) is 15.3 Å². The normalized spacial score (nSPS) is 20.0. The first-order valence-electron chi connectivity index (χ1n) is 12.1. The zero-order valence-corrected chi connectivity index (χ0v) is 20.6. The van der Waals surface area contributed by atoms with Crippen LogP contribution in [0.5, 0.6) is 0 Å². The van der Waals surface area contributed by atoms with Gasteiger partial charge < -0.3 is 15.5 Å². The van der Waals surface area contributed by atoms with E-state index >= 15 is 0 Å². The Labute approximate surface area is 204 Å². The molecule has 6 nitrogen and oxygen atoms in total. The number of fused-ring (bicyclic) bond motifs is 1. The lowest BCUT2D eigenvalue weighted by molar-refractivity contribution is 0.0940. The van der Waals surface area contributed by atoms with Crippen molar-refractivity contribution in [3.05, 3.63) is 41.1 Å². The third-order valence-electron chi connectivity index (χ3n) is 6.66. The number of carbonyl (C=O) groups is 1. The summed E-state index contributed by atoms with van der Waals surface area (Å²) in [6.45, 7) is 0.555. The van der Waals surface area contributed by atoms with E-state index in [4.69, 9.17) is 9.97 Å². The first kappa shape index (κ1) is 24.7. The summed E-state index contributed by atoms with van der Waals surface area (Å²) in [6, 6.07) is 6.84. The molecule has 0 aliphatic heterocycles. The Morgan fingerprint density at radius 2 is 1.85 bits per heavy atom. The van der Waals surface area contributed by atoms with Gasteiger partial charge in [0, 0.05) is 37.1 Å². The highest BCUT2D eigenvalue weighted by Gasteiger charge is 2.25. The zero-order chi connectivity index (χ0) is 24.1. The molecule has 4 rings (SSSR count). The molecule has 1 aromatic carbocycles. The molecule has 184 valence electrons. The standard InChI is InChI=1S/C25H33F2N5OS/c1-32(2)22-18-7-3-5-9-20(18)30-25(31-22)29-17-13-11-16(12-14-17)15-28-23(33)19-8-4-6-10-21(19)34-24(26)27/h4,6,8,10,16-17,24H,3,5,7,9,11-15H2,1-2H3,(H,28,33)(H,29,30,31). The minimum atomic E-state index is -2.55. The average Bonchev–Trinajstić information content (AvgIpc) is 2.83. The van der Waals surface area contributed by atoms with Gasteiger partial charge >= 0.3 is 0 Å². The predicted octanol–water partition coefficient (Wildman–Crippen LogP) is 5.14. The van der Waals surface area contributed by atoms with Gasteiger partial charge in [0.2, 0.25) is 5.95 Å². The fourth-order valence-electron chi connectivity index (χ4n) is 4.89. The highest BCUT2D eigenvalue weighted by molar-refractivity contribution is 7.99. The van der Waals surface area contributed by atoms with Crippen molar-refractivity contribution >= 4 is 29.4 Å². The molecule has 1 aromatic heterocycles. The quantitative estimate of drug-likeness (QED) is 0.501. The van der Waals surface area contributed by atoms with Crippen LogP contribution in [0.15, 0.2) is 29.2 Å². The third-order valence-corrected chi connectivity index (χ3v) is 7.45. The molecule has 1 saturated carbocycles. The Balaban J connectivity index is 1.29. The molecule has 2 aromatic rings. The second-order valence-corrected chi connectivity index (χ2v) is 10.4. The predicted molar refractivity (Wildman–Crippen MR) is 133 cm³/mol. The lowest BCUT2D eigenvalue weighted by Gasteiger charge is -2.30. The number of nitrogens with zero attached hydrogens (tertiary/aromatic N) is 3. The van der Waals surface area contributed by atoms with Gasteiger partial charge in [-0.15, -0.1) is 0 Å². The molecule has 2 aliphatic carbocycles. The van der Waals surface area contributed by atoms with Gasteiger partial charge in [-0.3, -0.25) is 4.79 Å². The minimum absolute atomic E-state index is 0.289. The molecule has 2 aliphatic rings. The van der Waals surface area contributed by atoms with E-state index in [2.05, 4.69) is 15.5 Å². The number of halogens is 2. The van der Waals surface area contributed by atoms with Crippen LogP contribution in [0.2, 0.25) is 0 Å². The van der Waals surface area contributed by atoms with Crippen LogP contribution >= 0.6 is 11.8 Å². The number of alkyl halides is 2. The summed E-state index contributed by atoms with van der Waals surface area (Å²) >= 11 is 0.410. The second kappa shape index (κ2) is 11.3. The zero-order valence-electron chi connectivity index (χ0n) is 19.8. The summed E-state index contributed by atoms with van der Waals surface area (Å²) < 4.78 is 25.6. The maximum Gasteiger partial charge on any atom is 0.288 e. The van der Waals surface area contributed by atoms with Gasteiger partial charge in [0.15, 0.2) is 0 Å². The van der Waals surface area contributed by atoms with Crippen molar-refractivity contribution in [2.24, 2.45) is 5.92 Å². The molecule has 0 unspecified atom stereocenters. The van der Waals surface area contributed by atoms with Gasteiger partial charge in [-0.1, -0.05) is 23.9 Å². The van der Waals surface area contributed by atoms with Gasteiger partial charge in [-0.2, -0.15) is 13.8 Å². The van der Waals surface area contributed by atoms with E-state index in [-0.39, 0.29) is 5.91 Å². The van der Waals surface area contributed by atoms with Crippen molar-refractivity contribution in [2.45, 2.75) is 68.1 Å². The molecule has 0 radical (unpaired) electrons. The van der Waals surface area contributed by atoms with E-state index < -0.39 is 5.76 Å². The fraction of sp³-hybridized carbons (Fsp3) is 0.560. The minimum Gasteiger partial charge on any atom is -0.362 e. The first-order valence-corrected chi connectivity index (χ1v) is 12.9. The summed E-state index contributed by atoms with van der Waals surface area (Å²) in [6.07, 6.45) is 8.36.